The van der Waals surface area contributed by atoms with E-state index in [1.165, 1.54) is 23.1 Å². The zero-order valence-electron chi connectivity index (χ0n) is 20.2. The Kier molecular flexibility index (Phi) is 11.6. The maximum Gasteiger partial charge on any atom is 0.244 e. The van der Waals surface area contributed by atoms with Crippen LogP contribution in [0.1, 0.15) is 38.7 Å². The number of carbonyl (C=O) groups is 2. The summed E-state index contributed by atoms with van der Waals surface area (Å²) in [6, 6.07) is 8.35. The maximum absolute atomic E-state index is 13.7. The van der Waals surface area contributed by atoms with Crippen molar-refractivity contribution in [2.24, 2.45) is 0 Å². The molecule has 12 heteroatoms. The van der Waals surface area contributed by atoms with Crippen LogP contribution in [-0.2, 0) is 26.2 Å². The Morgan fingerprint density at radius 1 is 1.00 bits per heavy atom. The lowest BCUT2D eigenvalue weighted by atomic mass is 10.1. The second-order valence-corrected chi connectivity index (χ2v) is 11.7. The third-order valence-corrected chi connectivity index (χ3v) is 7.85. The van der Waals surface area contributed by atoms with E-state index in [9.17, 15) is 18.0 Å². The van der Waals surface area contributed by atoms with Crippen LogP contribution in [0.3, 0.4) is 0 Å². The van der Waals surface area contributed by atoms with Gasteiger partial charge in [-0.25, -0.2) is 8.42 Å². The predicted octanol–water partition coefficient (Wildman–Crippen LogP) is 5.79. The van der Waals surface area contributed by atoms with Crippen molar-refractivity contribution in [2.45, 2.75) is 45.7 Å². The molecule has 0 saturated carbocycles. The number of nitrogens with zero attached hydrogens (tertiary/aromatic N) is 2. The van der Waals surface area contributed by atoms with E-state index in [1.54, 1.807) is 25.1 Å². The second kappa shape index (κ2) is 13.7. The molecule has 2 aromatic rings. The molecule has 0 aromatic heterocycles. The normalized spacial score (nSPS) is 12.2. The number of hydrogen-bond acceptors (Lipinski definition) is 4. The van der Waals surface area contributed by atoms with E-state index in [1.807, 2.05) is 6.92 Å². The molecule has 2 rings (SSSR count). The molecule has 0 aliphatic rings. The lowest BCUT2D eigenvalue weighted by Crippen LogP contribution is -2.52. The maximum atomic E-state index is 13.7. The van der Waals surface area contributed by atoms with Gasteiger partial charge in [0, 0.05) is 33.7 Å². The van der Waals surface area contributed by atoms with Crippen LogP contribution in [0.4, 0.5) is 5.69 Å². The molecule has 1 unspecified atom stereocenters. The fourth-order valence-corrected chi connectivity index (χ4v) is 5.36. The smallest absolute Gasteiger partial charge is 0.244 e. The largest absolute Gasteiger partial charge is 0.354 e. The number of benzene rings is 2. The minimum atomic E-state index is -3.96. The number of nitrogens with one attached hydrogen (secondary N) is 1. The zero-order valence-corrected chi connectivity index (χ0v) is 24.1. The third-order valence-electron chi connectivity index (χ3n) is 5.46. The second-order valence-electron chi connectivity index (χ2n) is 8.16. The van der Waals surface area contributed by atoms with Crippen LogP contribution in [0.5, 0.6) is 0 Å². The Morgan fingerprint density at radius 3 is 2.19 bits per heavy atom. The van der Waals surface area contributed by atoms with Crippen molar-refractivity contribution in [2.75, 3.05) is 23.7 Å². The van der Waals surface area contributed by atoms with Crippen molar-refractivity contribution < 1.29 is 18.0 Å². The minimum Gasteiger partial charge on any atom is -0.354 e. The Hall–Kier alpha value is -1.71. The van der Waals surface area contributed by atoms with Crippen molar-refractivity contribution in [3.8, 4) is 0 Å². The first-order valence-electron chi connectivity index (χ1n) is 11.3. The van der Waals surface area contributed by atoms with Crippen molar-refractivity contribution in [1.29, 1.82) is 0 Å². The van der Waals surface area contributed by atoms with E-state index in [0.29, 0.717) is 22.2 Å². The molecule has 0 fully saturated rings. The number of unbranched alkanes of at least 4 members (excludes halogenated alkanes) is 1. The molecular weight excluding hydrogens is 568 g/mol. The molecule has 0 saturated heterocycles. The van der Waals surface area contributed by atoms with Crippen LogP contribution in [0, 0.1) is 0 Å². The third kappa shape index (κ3) is 8.15. The van der Waals surface area contributed by atoms with Crippen molar-refractivity contribution in [1.82, 2.24) is 10.2 Å². The van der Waals surface area contributed by atoms with Crippen LogP contribution < -0.4 is 9.62 Å². The van der Waals surface area contributed by atoms with Gasteiger partial charge in [0.2, 0.25) is 21.8 Å². The van der Waals surface area contributed by atoms with Crippen LogP contribution in [0.15, 0.2) is 36.4 Å². The number of rotatable bonds is 12. The summed E-state index contributed by atoms with van der Waals surface area (Å²) < 4.78 is 26.3. The number of halogens is 4. The van der Waals surface area contributed by atoms with Crippen LogP contribution in [0.2, 0.25) is 20.1 Å². The van der Waals surface area contributed by atoms with Crippen LogP contribution in [-0.4, -0.2) is 50.5 Å². The number of anilines is 1. The standard InChI is InChI=1S/C24H29Cl4N3O4S/c1-4-6-12-29-24(33)21(5-2)30(14-17-18(26)8-7-9-19(17)27)23(32)15-31(36(3,34)35)22-13-16(25)10-11-20(22)28/h7-11,13,21H,4-6,12,14-15H2,1-3H3,(H,29,33). The Labute approximate surface area is 232 Å². The topological polar surface area (TPSA) is 86.8 Å². The summed E-state index contributed by atoms with van der Waals surface area (Å²) in [5.41, 5.74) is 0.497. The van der Waals surface area contributed by atoms with E-state index in [4.69, 9.17) is 46.4 Å². The van der Waals surface area contributed by atoms with E-state index in [0.717, 1.165) is 23.4 Å². The van der Waals surface area contributed by atoms with Crippen molar-refractivity contribution >= 4 is 73.9 Å². The van der Waals surface area contributed by atoms with E-state index in [-0.39, 0.29) is 34.6 Å². The Bertz CT molecular complexity index is 1170. The van der Waals surface area contributed by atoms with Gasteiger partial charge >= 0.3 is 0 Å². The molecule has 2 aromatic carbocycles. The van der Waals surface area contributed by atoms with Crippen LogP contribution >= 0.6 is 46.4 Å². The number of amides is 2. The van der Waals surface area contributed by atoms with Gasteiger partial charge in [-0.05, 0) is 43.2 Å². The van der Waals surface area contributed by atoms with Gasteiger partial charge in [-0.1, -0.05) is 72.7 Å². The highest BCUT2D eigenvalue weighted by atomic mass is 35.5. The van der Waals surface area contributed by atoms with Crippen molar-refractivity contribution in [3.05, 3.63) is 62.1 Å². The molecule has 0 heterocycles. The summed E-state index contributed by atoms with van der Waals surface area (Å²) in [4.78, 5) is 28.1. The Balaban J connectivity index is 2.51. The summed E-state index contributed by atoms with van der Waals surface area (Å²) >= 11 is 25.0. The van der Waals surface area contributed by atoms with Gasteiger partial charge in [0.05, 0.1) is 17.0 Å². The average Bonchev–Trinajstić information content (AvgIpc) is 2.80. The van der Waals surface area contributed by atoms with Gasteiger partial charge in [0.1, 0.15) is 12.6 Å². The zero-order chi connectivity index (χ0) is 27.0. The van der Waals surface area contributed by atoms with Gasteiger partial charge in [-0.3, -0.25) is 13.9 Å². The van der Waals surface area contributed by atoms with Gasteiger partial charge < -0.3 is 10.2 Å². The molecule has 2 amide bonds. The first kappa shape index (κ1) is 30.5. The summed E-state index contributed by atoms with van der Waals surface area (Å²) in [5.74, 6) is -0.987. The average molecular weight is 597 g/mol. The van der Waals surface area contributed by atoms with Crippen LogP contribution in [0.25, 0.3) is 0 Å². The monoisotopic (exact) mass is 595 g/mol. The molecular formula is C24H29Cl4N3O4S. The molecule has 36 heavy (non-hydrogen) atoms. The fourth-order valence-electron chi connectivity index (χ4n) is 3.55. The van der Waals surface area contributed by atoms with Gasteiger partial charge in [-0.2, -0.15) is 0 Å². The molecule has 7 nitrogen and oxygen atoms in total. The molecule has 1 N–H and O–H groups in total. The molecule has 0 radical (unpaired) electrons. The molecule has 0 aliphatic carbocycles. The van der Waals surface area contributed by atoms with Crippen molar-refractivity contribution in [3.63, 3.8) is 0 Å². The highest BCUT2D eigenvalue weighted by Gasteiger charge is 2.33. The van der Waals surface area contributed by atoms with E-state index >= 15 is 0 Å². The Morgan fingerprint density at radius 2 is 1.64 bits per heavy atom. The summed E-state index contributed by atoms with van der Waals surface area (Å²) in [6.45, 7) is 3.51. The molecule has 0 aliphatic heterocycles. The number of hydrogen-bond donors (Lipinski definition) is 1. The lowest BCUT2D eigenvalue weighted by Gasteiger charge is -2.33. The summed E-state index contributed by atoms with van der Waals surface area (Å²) in [6.07, 6.45) is 2.91. The minimum absolute atomic E-state index is 0.0520. The number of sulfonamides is 1. The summed E-state index contributed by atoms with van der Waals surface area (Å²) in [7, 11) is -3.96. The highest BCUT2D eigenvalue weighted by Crippen LogP contribution is 2.31. The molecule has 198 valence electrons. The van der Waals surface area contributed by atoms with Gasteiger partial charge in [0.25, 0.3) is 0 Å². The molecule has 1 atom stereocenters. The quantitative estimate of drug-likeness (QED) is 0.314. The molecule has 0 bridgehead atoms. The van der Waals surface area contributed by atoms with E-state index < -0.39 is 28.5 Å². The van der Waals surface area contributed by atoms with Gasteiger partial charge in [-0.15, -0.1) is 0 Å². The van der Waals surface area contributed by atoms with E-state index in [2.05, 4.69) is 5.32 Å². The first-order valence-corrected chi connectivity index (χ1v) is 14.7. The lowest BCUT2D eigenvalue weighted by molar-refractivity contribution is -0.140. The van der Waals surface area contributed by atoms with Gasteiger partial charge in [0.15, 0.2) is 0 Å². The predicted molar refractivity (Wildman–Crippen MR) is 148 cm³/mol. The first-order chi connectivity index (χ1) is 16.9. The fraction of sp³-hybridized carbons (Fsp3) is 0.417. The summed E-state index contributed by atoms with van der Waals surface area (Å²) in [5, 5.41) is 3.83. The molecule has 0 spiro atoms. The number of carbonyl (C=O) groups excluding carboxylic acids is 2. The SMILES string of the molecule is CCCCNC(=O)C(CC)N(Cc1c(Cl)cccc1Cl)C(=O)CN(c1cc(Cl)ccc1Cl)S(C)(=O)=O. The highest BCUT2D eigenvalue weighted by molar-refractivity contribution is 7.92.